The minimum atomic E-state index is 0.0389. The Labute approximate surface area is 145 Å². The Hall–Kier alpha value is -1.14. The predicted octanol–water partition coefficient (Wildman–Crippen LogP) is 1.16. The number of amides is 2. The second-order valence-corrected chi connectivity index (χ2v) is 7.31. The summed E-state index contributed by atoms with van der Waals surface area (Å²) in [5.74, 6) is 0.411. The molecule has 2 amide bonds. The SMILES string of the molecule is CCCC(=O)N1CCC(C(=O)NCC2(COC)CCNCC2)CC1. The number of nitrogens with one attached hydrogen (secondary N) is 2. The number of hydrogen-bond acceptors (Lipinski definition) is 4. The Kier molecular flexibility index (Phi) is 7.49. The molecule has 6 heteroatoms. The van der Waals surface area contributed by atoms with Gasteiger partial charge in [-0.2, -0.15) is 0 Å². The number of carbonyl (C=O) groups excluding carboxylic acids is 2. The number of hydrogen-bond donors (Lipinski definition) is 2. The first kappa shape index (κ1) is 19.2. The Morgan fingerprint density at radius 3 is 2.50 bits per heavy atom. The molecule has 2 fully saturated rings. The van der Waals surface area contributed by atoms with E-state index >= 15 is 0 Å². The van der Waals surface area contributed by atoms with E-state index < -0.39 is 0 Å². The molecule has 0 aromatic carbocycles. The standard InChI is InChI=1S/C18H33N3O3/c1-3-4-16(22)21-11-5-15(6-12-21)17(23)20-13-18(14-24-2)7-9-19-10-8-18/h15,19H,3-14H2,1-2H3,(H,20,23). The summed E-state index contributed by atoms with van der Waals surface area (Å²) >= 11 is 0. The molecular weight excluding hydrogens is 306 g/mol. The van der Waals surface area contributed by atoms with Crippen LogP contribution in [0.3, 0.4) is 0 Å². The average molecular weight is 339 g/mol. The predicted molar refractivity (Wildman–Crippen MR) is 93.6 cm³/mol. The molecule has 0 unspecified atom stereocenters. The van der Waals surface area contributed by atoms with E-state index in [2.05, 4.69) is 10.6 Å². The van der Waals surface area contributed by atoms with E-state index in [4.69, 9.17) is 4.74 Å². The molecule has 0 aliphatic carbocycles. The van der Waals surface area contributed by atoms with Crippen LogP contribution in [0.5, 0.6) is 0 Å². The molecule has 2 aliphatic rings. The zero-order valence-corrected chi connectivity index (χ0v) is 15.2. The van der Waals surface area contributed by atoms with Gasteiger partial charge in [0.15, 0.2) is 0 Å². The van der Waals surface area contributed by atoms with Crippen molar-refractivity contribution in [2.24, 2.45) is 11.3 Å². The number of nitrogens with zero attached hydrogens (tertiary/aromatic N) is 1. The van der Waals surface area contributed by atoms with E-state index in [1.165, 1.54) is 0 Å². The fourth-order valence-electron chi connectivity index (χ4n) is 3.82. The van der Waals surface area contributed by atoms with Crippen molar-refractivity contribution in [3.8, 4) is 0 Å². The summed E-state index contributed by atoms with van der Waals surface area (Å²) < 4.78 is 5.40. The number of piperidine rings is 2. The summed E-state index contributed by atoms with van der Waals surface area (Å²) in [6.45, 7) is 6.80. The van der Waals surface area contributed by atoms with Gasteiger partial charge in [-0.1, -0.05) is 6.92 Å². The summed E-state index contributed by atoms with van der Waals surface area (Å²) in [6, 6.07) is 0. The third-order valence-corrected chi connectivity index (χ3v) is 5.43. The van der Waals surface area contributed by atoms with Gasteiger partial charge in [-0.05, 0) is 45.2 Å². The molecule has 0 saturated carbocycles. The maximum Gasteiger partial charge on any atom is 0.223 e. The number of methoxy groups -OCH3 is 1. The van der Waals surface area contributed by atoms with Crippen LogP contribution in [-0.4, -0.2) is 63.2 Å². The van der Waals surface area contributed by atoms with Crippen LogP contribution in [0.25, 0.3) is 0 Å². The highest BCUT2D eigenvalue weighted by atomic mass is 16.5. The quantitative estimate of drug-likeness (QED) is 0.730. The number of likely N-dealkylation sites (tertiary alicyclic amines) is 1. The van der Waals surface area contributed by atoms with Gasteiger partial charge in [0.05, 0.1) is 6.61 Å². The van der Waals surface area contributed by atoms with Gasteiger partial charge in [0.25, 0.3) is 0 Å². The number of ether oxygens (including phenoxy) is 1. The monoisotopic (exact) mass is 339 g/mol. The van der Waals surface area contributed by atoms with Gasteiger partial charge >= 0.3 is 0 Å². The highest BCUT2D eigenvalue weighted by Gasteiger charge is 2.34. The lowest BCUT2D eigenvalue weighted by Gasteiger charge is -2.38. The average Bonchev–Trinajstić information content (AvgIpc) is 2.61. The van der Waals surface area contributed by atoms with E-state index in [0.29, 0.717) is 32.7 Å². The third kappa shape index (κ3) is 5.18. The number of carbonyl (C=O) groups is 2. The summed E-state index contributed by atoms with van der Waals surface area (Å²) in [4.78, 5) is 26.4. The summed E-state index contributed by atoms with van der Waals surface area (Å²) in [6.07, 6.45) is 5.12. The minimum Gasteiger partial charge on any atom is -0.384 e. The van der Waals surface area contributed by atoms with Crippen molar-refractivity contribution in [2.45, 2.75) is 45.4 Å². The molecule has 2 aliphatic heterocycles. The van der Waals surface area contributed by atoms with Crippen LogP contribution >= 0.6 is 0 Å². The normalized spacial score (nSPS) is 21.5. The fraction of sp³-hybridized carbons (Fsp3) is 0.889. The molecule has 2 rings (SSSR count). The van der Waals surface area contributed by atoms with Crippen LogP contribution in [0.15, 0.2) is 0 Å². The molecule has 2 heterocycles. The minimum absolute atomic E-state index is 0.0389. The summed E-state index contributed by atoms with van der Waals surface area (Å²) in [5, 5.41) is 6.54. The van der Waals surface area contributed by atoms with Gasteiger partial charge in [-0.25, -0.2) is 0 Å². The van der Waals surface area contributed by atoms with Gasteiger partial charge in [0.1, 0.15) is 0 Å². The lowest BCUT2D eigenvalue weighted by molar-refractivity contribution is -0.135. The van der Waals surface area contributed by atoms with E-state index in [0.717, 1.165) is 45.2 Å². The second kappa shape index (κ2) is 9.37. The highest BCUT2D eigenvalue weighted by molar-refractivity contribution is 5.80. The van der Waals surface area contributed by atoms with Crippen molar-refractivity contribution in [3.05, 3.63) is 0 Å². The third-order valence-electron chi connectivity index (χ3n) is 5.43. The molecule has 6 nitrogen and oxygen atoms in total. The molecule has 0 bridgehead atoms. The van der Waals surface area contributed by atoms with Crippen molar-refractivity contribution in [3.63, 3.8) is 0 Å². The molecule has 0 radical (unpaired) electrons. The molecule has 0 aromatic rings. The summed E-state index contributed by atoms with van der Waals surface area (Å²) in [7, 11) is 1.73. The van der Waals surface area contributed by atoms with Crippen LogP contribution in [0.2, 0.25) is 0 Å². The van der Waals surface area contributed by atoms with Crippen LogP contribution in [0.4, 0.5) is 0 Å². The molecule has 0 aromatic heterocycles. The molecular formula is C18H33N3O3. The first-order chi connectivity index (χ1) is 11.6. The second-order valence-electron chi connectivity index (χ2n) is 7.31. The Morgan fingerprint density at radius 2 is 1.92 bits per heavy atom. The van der Waals surface area contributed by atoms with E-state index in [1.54, 1.807) is 7.11 Å². The lowest BCUT2D eigenvalue weighted by Crippen LogP contribution is -2.49. The van der Waals surface area contributed by atoms with Crippen molar-refractivity contribution in [2.75, 3.05) is 46.4 Å². The van der Waals surface area contributed by atoms with E-state index in [1.807, 2.05) is 11.8 Å². The largest absolute Gasteiger partial charge is 0.384 e. The molecule has 0 atom stereocenters. The maximum atomic E-state index is 12.5. The van der Waals surface area contributed by atoms with Gasteiger partial charge in [0.2, 0.25) is 11.8 Å². The highest BCUT2D eigenvalue weighted by Crippen LogP contribution is 2.28. The van der Waals surface area contributed by atoms with Crippen molar-refractivity contribution in [1.29, 1.82) is 0 Å². The summed E-state index contributed by atoms with van der Waals surface area (Å²) in [5.41, 5.74) is 0.0630. The van der Waals surface area contributed by atoms with Crippen molar-refractivity contribution < 1.29 is 14.3 Å². The molecule has 24 heavy (non-hydrogen) atoms. The maximum absolute atomic E-state index is 12.5. The van der Waals surface area contributed by atoms with Crippen LogP contribution < -0.4 is 10.6 Å². The van der Waals surface area contributed by atoms with Crippen LogP contribution in [-0.2, 0) is 14.3 Å². The van der Waals surface area contributed by atoms with Gasteiger partial charge in [0, 0.05) is 44.5 Å². The van der Waals surface area contributed by atoms with Gasteiger partial charge < -0.3 is 20.3 Å². The van der Waals surface area contributed by atoms with Crippen LogP contribution in [0, 0.1) is 11.3 Å². The molecule has 2 saturated heterocycles. The van der Waals surface area contributed by atoms with Crippen molar-refractivity contribution in [1.82, 2.24) is 15.5 Å². The van der Waals surface area contributed by atoms with Gasteiger partial charge in [-0.15, -0.1) is 0 Å². The zero-order chi connectivity index (χ0) is 17.4. The Balaban J connectivity index is 1.77. The van der Waals surface area contributed by atoms with Gasteiger partial charge in [-0.3, -0.25) is 9.59 Å². The molecule has 0 spiro atoms. The first-order valence-corrected chi connectivity index (χ1v) is 9.35. The Morgan fingerprint density at radius 1 is 1.25 bits per heavy atom. The lowest BCUT2D eigenvalue weighted by atomic mass is 9.79. The fourth-order valence-corrected chi connectivity index (χ4v) is 3.82. The Bertz CT molecular complexity index is 408. The topological polar surface area (TPSA) is 70.7 Å². The molecule has 2 N–H and O–H groups in total. The van der Waals surface area contributed by atoms with E-state index in [9.17, 15) is 9.59 Å². The smallest absolute Gasteiger partial charge is 0.223 e. The van der Waals surface area contributed by atoms with Crippen LogP contribution in [0.1, 0.15) is 45.4 Å². The first-order valence-electron chi connectivity index (χ1n) is 9.35. The number of rotatable bonds is 7. The zero-order valence-electron chi connectivity index (χ0n) is 15.2. The van der Waals surface area contributed by atoms with E-state index in [-0.39, 0.29) is 23.1 Å². The van der Waals surface area contributed by atoms with Crippen molar-refractivity contribution >= 4 is 11.8 Å². The molecule has 138 valence electrons.